The van der Waals surface area contributed by atoms with Crippen molar-refractivity contribution in [1.82, 2.24) is 5.32 Å². The van der Waals surface area contributed by atoms with Crippen molar-refractivity contribution in [1.29, 1.82) is 0 Å². The monoisotopic (exact) mass is 229 g/mol. The summed E-state index contributed by atoms with van der Waals surface area (Å²) in [5.74, 6) is -2.76. The summed E-state index contributed by atoms with van der Waals surface area (Å²) >= 11 is 0. The smallest absolute Gasteiger partial charge is 0.475 e. The maximum atomic E-state index is 12.2. The maximum absolute atomic E-state index is 12.2. The highest BCUT2D eigenvalue weighted by molar-refractivity contribution is 5.73. The van der Waals surface area contributed by atoms with E-state index in [2.05, 4.69) is 5.32 Å². The fraction of sp³-hybridized carbons (Fsp3) is 0.875. The first-order valence-corrected chi connectivity index (χ1v) is 4.40. The minimum absolute atomic E-state index is 0.430. The molecule has 1 saturated heterocycles. The van der Waals surface area contributed by atoms with Gasteiger partial charge in [-0.25, -0.2) is 9.18 Å². The van der Waals surface area contributed by atoms with Gasteiger partial charge < -0.3 is 10.4 Å². The van der Waals surface area contributed by atoms with E-state index >= 15 is 0 Å². The molecule has 2 fully saturated rings. The number of carboxylic acid groups (broad SMARTS) is 1. The normalized spacial score (nSPS) is 23.5. The lowest BCUT2D eigenvalue weighted by atomic mass is 9.63. The quantitative estimate of drug-likeness (QED) is 0.616. The average Bonchev–Trinajstić information content (AvgIpc) is 1.94. The van der Waals surface area contributed by atoms with Crippen molar-refractivity contribution in [2.75, 3.05) is 13.1 Å². The number of aliphatic carboxylic acids is 1. The third kappa shape index (κ3) is 3.05. The lowest BCUT2D eigenvalue weighted by Gasteiger charge is -2.51. The number of nitrogens with one attached hydrogen (secondary N) is 1. The molecule has 1 aliphatic heterocycles. The SMILES string of the molecule is FC1CC2(CNC2)C1.O=C(O)C(F)(F)F. The zero-order valence-corrected chi connectivity index (χ0v) is 7.77. The van der Waals surface area contributed by atoms with E-state index in [9.17, 15) is 17.6 Å². The van der Waals surface area contributed by atoms with Gasteiger partial charge in [0.05, 0.1) is 0 Å². The number of rotatable bonds is 0. The number of carbonyl (C=O) groups is 1. The molecule has 2 aliphatic rings. The lowest BCUT2D eigenvalue weighted by molar-refractivity contribution is -0.192. The Hall–Kier alpha value is -0.850. The molecule has 7 heteroatoms. The maximum Gasteiger partial charge on any atom is 0.490 e. The van der Waals surface area contributed by atoms with Crippen LogP contribution in [0.15, 0.2) is 0 Å². The zero-order chi connectivity index (χ0) is 11.7. The summed E-state index contributed by atoms with van der Waals surface area (Å²) in [6.45, 7) is 2.13. The molecular weight excluding hydrogens is 218 g/mol. The molecule has 1 heterocycles. The second kappa shape index (κ2) is 3.96. The van der Waals surface area contributed by atoms with Crippen molar-refractivity contribution in [3.05, 3.63) is 0 Å². The lowest BCUT2D eigenvalue weighted by Crippen LogP contribution is -2.60. The molecule has 2 rings (SSSR count). The second-order valence-corrected chi connectivity index (χ2v) is 3.91. The van der Waals surface area contributed by atoms with Crippen LogP contribution in [0.2, 0.25) is 0 Å². The van der Waals surface area contributed by atoms with E-state index in [1.165, 1.54) is 0 Å². The van der Waals surface area contributed by atoms with Crippen molar-refractivity contribution < 1.29 is 27.5 Å². The molecular formula is C8H11F4NO2. The average molecular weight is 229 g/mol. The van der Waals surface area contributed by atoms with E-state index in [4.69, 9.17) is 9.90 Å². The first kappa shape index (κ1) is 12.2. The Morgan fingerprint density at radius 3 is 1.80 bits per heavy atom. The van der Waals surface area contributed by atoms with Crippen LogP contribution < -0.4 is 5.32 Å². The summed E-state index contributed by atoms with van der Waals surface area (Å²) in [6.07, 6.45) is -3.92. The summed E-state index contributed by atoms with van der Waals surface area (Å²) in [4.78, 5) is 8.90. The molecule has 15 heavy (non-hydrogen) atoms. The van der Waals surface area contributed by atoms with Crippen LogP contribution in [-0.4, -0.2) is 36.5 Å². The van der Waals surface area contributed by atoms with Gasteiger partial charge in [0.2, 0.25) is 0 Å². The highest BCUT2D eigenvalue weighted by Crippen LogP contribution is 2.45. The molecule has 0 aromatic heterocycles. The van der Waals surface area contributed by atoms with Gasteiger partial charge in [-0.15, -0.1) is 0 Å². The highest BCUT2D eigenvalue weighted by Gasteiger charge is 2.48. The topological polar surface area (TPSA) is 49.3 Å². The number of hydrogen-bond donors (Lipinski definition) is 2. The van der Waals surface area contributed by atoms with E-state index < -0.39 is 18.3 Å². The molecule has 0 amide bonds. The van der Waals surface area contributed by atoms with Crippen LogP contribution in [0, 0.1) is 5.41 Å². The Kier molecular flexibility index (Phi) is 3.22. The number of hydrogen-bond acceptors (Lipinski definition) is 2. The third-order valence-corrected chi connectivity index (χ3v) is 2.55. The molecule has 1 saturated carbocycles. The molecule has 0 bridgehead atoms. The Bertz CT molecular complexity index is 242. The van der Waals surface area contributed by atoms with Crippen LogP contribution in [0.4, 0.5) is 17.6 Å². The van der Waals surface area contributed by atoms with Crippen LogP contribution in [0.25, 0.3) is 0 Å². The number of halogens is 4. The van der Waals surface area contributed by atoms with Crippen molar-refractivity contribution >= 4 is 5.97 Å². The van der Waals surface area contributed by atoms with E-state index in [1.807, 2.05) is 0 Å². The van der Waals surface area contributed by atoms with Crippen LogP contribution in [0.3, 0.4) is 0 Å². The minimum Gasteiger partial charge on any atom is -0.475 e. The van der Waals surface area contributed by atoms with E-state index in [-0.39, 0.29) is 0 Å². The van der Waals surface area contributed by atoms with Gasteiger partial charge in [-0.2, -0.15) is 13.2 Å². The summed E-state index contributed by atoms with van der Waals surface area (Å²) in [6, 6.07) is 0. The number of alkyl halides is 4. The molecule has 88 valence electrons. The van der Waals surface area contributed by atoms with Gasteiger partial charge in [-0.3, -0.25) is 0 Å². The van der Waals surface area contributed by atoms with E-state index in [1.54, 1.807) is 0 Å². The third-order valence-electron chi connectivity index (χ3n) is 2.55. The van der Waals surface area contributed by atoms with Gasteiger partial charge in [0.1, 0.15) is 6.17 Å². The molecule has 0 atom stereocenters. The van der Waals surface area contributed by atoms with Crippen molar-refractivity contribution in [3.8, 4) is 0 Å². The summed E-state index contributed by atoms with van der Waals surface area (Å²) in [5.41, 5.74) is 0.430. The fourth-order valence-corrected chi connectivity index (χ4v) is 1.65. The van der Waals surface area contributed by atoms with Gasteiger partial charge in [0.15, 0.2) is 0 Å². The van der Waals surface area contributed by atoms with Gasteiger partial charge in [-0.05, 0) is 12.8 Å². The molecule has 2 N–H and O–H groups in total. The Morgan fingerprint density at radius 1 is 1.33 bits per heavy atom. The molecule has 0 unspecified atom stereocenters. The van der Waals surface area contributed by atoms with E-state index in [0.29, 0.717) is 5.41 Å². The van der Waals surface area contributed by atoms with Crippen LogP contribution >= 0.6 is 0 Å². The van der Waals surface area contributed by atoms with Gasteiger partial charge in [0, 0.05) is 18.5 Å². The summed E-state index contributed by atoms with van der Waals surface area (Å²) in [7, 11) is 0. The van der Waals surface area contributed by atoms with Gasteiger partial charge >= 0.3 is 12.1 Å². The van der Waals surface area contributed by atoms with Gasteiger partial charge in [0.25, 0.3) is 0 Å². The molecule has 0 aromatic rings. The largest absolute Gasteiger partial charge is 0.490 e. The molecule has 0 radical (unpaired) electrons. The van der Waals surface area contributed by atoms with Crippen molar-refractivity contribution in [2.24, 2.45) is 5.41 Å². The second-order valence-electron chi connectivity index (χ2n) is 3.91. The minimum atomic E-state index is -5.08. The van der Waals surface area contributed by atoms with Gasteiger partial charge in [-0.1, -0.05) is 0 Å². The van der Waals surface area contributed by atoms with Crippen LogP contribution in [0.1, 0.15) is 12.8 Å². The highest BCUT2D eigenvalue weighted by atomic mass is 19.4. The number of carboxylic acids is 1. The van der Waals surface area contributed by atoms with Crippen LogP contribution in [-0.2, 0) is 4.79 Å². The Labute approximate surface area is 83.5 Å². The van der Waals surface area contributed by atoms with Crippen LogP contribution in [0.5, 0.6) is 0 Å². The Balaban J connectivity index is 0.000000153. The zero-order valence-electron chi connectivity index (χ0n) is 7.77. The molecule has 0 aromatic carbocycles. The first-order valence-electron chi connectivity index (χ1n) is 4.40. The first-order chi connectivity index (χ1) is 6.75. The standard InChI is InChI=1S/C6H10FN.C2HF3O2/c7-5-1-6(2-5)3-8-4-6;3-2(4,5)1(6)7/h5,8H,1-4H2;(H,6,7). The van der Waals surface area contributed by atoms with Crippen molar-refractivity contribution in [2.45, 2.75) is 25.2 Å². The predicted octanol–water partition coefficient (Wildman–Crippen LogP) is 1.34. The summed E-state index contributed by atoms with van der Waals surface area (Å²) in [5, 5.41) is 10.3. The molecule has 3 nitrogen and oxygen atoms in total. The predicted molar refractivity (Wildman–Crippen MR) is 43.1 cm³/mol. The van der Waals surface area contributed by atoms with E-state index in [0.717, 1.165) is 25.9 Å². The molecule has 1 spiro atoms. The summed E-state index contributed by atoms with van der Waals surface area (Å²) < 4.78 is 43.9. The van der Waals surface area contributed by atoms with Crippen molar-refractivity contribution in [3.63, 3.8) is 0 Å². The fourth-order valence-electron chi connectivity index (χ4n) is 1.65. The molecule has 1 aliphatic carbocycles. The Morgan fingerprint density at radius 2 is 1.73 bits per heavy atom.